The van der Waals surface area contributed by atoms with Crippen LogP contribution in [0.25, 0.3) is 0 Å². The van der Waals surface area contributed by atoms with Gasteiger partial charge >= 0.3 is 0 Å². The van der Waals surface area contributed by atoms with Crippen molar-refractivity contribution in [2.45, 2.75) is 59.9 Å². The quantitative estimate of drug-likeness (QED) is 0.848. The van der Waals surface area contributed by atoms with E-state index in [1.165, 1.54) is 19.3 Å². The Morgan fingerprint density at radius 2 is 1.11 bits per heavy atom. The van der Waals surface area contributed by atoms with Crippen LogP contribution in [0.4, 0.5) is 0 Å². The number of rotatable bonds is 4. The summed E-state index contributed by atoms with van der Waals surface area (Å²) >= 11 is 0. The maximum Gasteiger partial charge on any atom is 0.00582 e. The van der Waals surface area contributed by atoms with Crippen molar-refractivity contribution in [3.05, 3.63) is 0 Å². The minimum atomic E-state index is 0.736. The molecular weight excluding hydrogens is 234 g/mol. The summed E-state index contributed by atoms with van der Waals surface area (Å²) in [6, 6.07) is 0.736. The van der Waals surface area contributed by atoms with Crippen molar-refractivity contribution in [1.82, 2.24) is 15.1 Å². The normalized spacial score (nSPS) is 10.6. The average Bonchev–Trinajstić information content (AvgIpc) is 2.39. The molecule has 122 valence electrons. The maximum atomic E-state index is 2.75. The van der Waals surface area contributed by atoms with Gasteiger partial charge in [0.2, 0.25) is 0 Å². The molecule has 0 aromatic rings. The predicted octanol–water partition coefficient (Wildman–Crippen LogP) is 3.56. The lowest BCUT2D eigenvalue weighted by Gasteiger charge is -2.16. The highest BCUT2D eigenvalue weighted by Gasteiger charge is 1.97. The van der Waals surface area contributed by atoms with E-state index in [1.807, 2.05) is 14.1 Å². The lowest BCUT2D eigenvalue weighted by molar-refractivity contribution is 0.307. The predicted molar refractivity (Wildman–Crippen MR) is 93.2 cm³/mol. The molecule has 0 heterocycles. The van der Waals surface area contributed by atoms with Gasteiger partial charge in [0, 0.05) is 6.04 Å². The van der Waals surface area contributed by atoms with Crippen LogP contribution in [0.3, 0.4) is 0 Å². The first-order valence-electron chi connectivity index (χ1n) is 7.68. The van der Waals surface area contributed by atoms with Crippen LogP contribution in [-0.2, 0) is 0 Å². The lowest BCUT2D eigenvalue weighted by atomic mass is 10.2. The van der Waals surface area contributed by atoms with Crippen LogP contribution < -0.4 is 5.32 Å². The third-order valence-electron chi connectivity index (χ3n) is 2.60. The summed E-state index contributed by atoms with van der Waals surface area (Å²) in [5, 5.41) is 2.75. The summed E-state index contributed by atoms with van der Waals surface area (Å²) in [5.74, 6) is 0. The van der Waals surface area contributed by atoms with Gasteiger partial charge in [-0.1, -0.05) is 40.5 Å². The molecule has 1 N–H and O–H groups in total. The van der Waals surface area contributed by atoms with Crippen molar-refractivity contribution in [2.75, 3.05) is 48.8 Å². The minimum absolute atomic E-state index is 0.736. The van der Waals surface area contributed by atoms with Gasteiger partial charge in [-0.3, -0.25) is 0 Å². The Bertz CT molecular complexity index is 113. The van der Waals surface area contributed by atoms with Gasteiger partial charge in [-0.25, -0.2) is 0 Å². The standard InChI is InChI=1S/C6H15N.C4H11N.C4H10.C2H7N/c1-5-6(2)7(3)4;1-4-5(2)3;1-3-4-2;1-3-2/h6H,5H2,1-4H3;4H2,1-3H3;3-4H2,1-2H3;3H,1-2H3. The first-order chi connectivity index (χ1) is 8.78. The van der Waals surface area contributed by atoms with E-state index < -0.39 is 0 Å². The highest BCUT2D eigenvalue weighted by molar-refractivity contribution is 4.53. The molecule has 0 aromatic carbocycles. The van der Waals surface area contributed by atoms with Crippen LogP contribution in [-0.4, -0.2) is 64.7 Å². The number of nitrogens with zero attached hydrogens (tertiary/aromatic N) is 2. The van der Waals surface area contributed by atoms with E-state index in [0.29, 0.717) is 0 Å². The Balaban J connectivity index is -0.0000000833. The molecule has 1 unspecified atom stereocenters. The van der Waals surface area contributed by atoms with Crippen LogP contribution in [0.15, 0.2) is 0 Å². The molecule has 3 nitrogen and oxygen atoms in total. The van der Waals surface area contributed by atoms with Gasteiger partial charge in [-0.05, 0) is 62.2 Å². The number of nitrogens with one attached hydrogen (secondary N) is 1. The fourth-order valence-electron chi connectivity index (χ4n) is 0.365. The summed E-state index contributed by atoms with van der Waals surface area (Å²) in [6.45, 7) is 12.0. The Morgan fingerprint density at radius 3 is 1.11 bits per heavy atom. The van der Waals surface area contributed by atoms with Crippen molar-refractivity contribution in [1.29, 1.82) is 0 Å². The molecule has 0 fully saturated rings. The highest BCUT2D eigenvalue weighted by Crippen LogP contribution is 1.93. The zero-order chi connectivity index (χ0) is 16.3. The molecule has 0 radical (unpaired) electrons. The van der Waals surface area contributed by atoms with E-state index in [1.54, 1.807) is 0 Å². The molecule has 0 saturated carbocycles. The largest absolute Gasteiger partial charge is 0.323 e. The van der Waals surface area contributed by atoms with Crippen molar-refractivity contribution in [2.24, 2.45) is 0 Å². The average molecular weight is 278 g/mol. The Morgan fingerprint density at radius 1 is 0.842 bits per heavy atom. The second kappa shape index (κ2) is 26.4. The van der Waals surface area contributed by atoms with Gasteiger partial charge in [-0.2, -0.15) is 0 Å². The van der Waals surface area contributed by atoms with Gasteiger partial charge in [0.05, 0.1) is 0 Å². The van der Waals surface area contributed by atoms with Crippen LogP contribution in [0.5, 0.6) is 0 Å². The van der Waals surface area contributed by atoms with E-state index in [9.17, 15) is 0 Å². The van der Waals surface area contributed by atoms with Crippen molar-refractivity contribution >= 4 is 0 Å². The van der Waals surface area contributed by atoms with Crippen LogP contribution >= 0.6 is 0 Å². The molecular formula is C16H43N3. The topological polar surface area (TPSA) is 18.5 Å². The molecule has 0 aliphatic rings. The Kier molecular flexibility index (Phi) is 37.9. The number of unbranched alkanes of at least 4 members (excludes halogenated alkanes) is 1. The van der Waals surface area contributed by atoms with E-state index >= 15 is 0 Å². The number of hydrogen-bond donors (Lipinski definition) is 1. The third-order valence-corrected chi connectivity index (χ3v) is 2.60. The van der Waals surface area contributed by atoms with Gasteiger partial charge in [0.25, 0.3) is 0 Å². The van der Waals surface area contributed by atoms with Crippen LogP contribution in [0.2, 0.25) is 0 Å². The first-order valence-corrected chi connectivity index (χ1v) is 7.68. The van der Waals surface area contributed by atoms with Crippen LogP contribution in [0.1, 0.15) is 53.9 Å². The van der Waals surface area contributed by atoms with E-state index in [0.717, 1.165) is 12.6 Å². The fourth-order valence-corrected chi connectivity index (χ4v) is 0.365. The monoisotopic (exact) mass is 277 g/mol. The number of hydrogen-bond acceptors (Lipinski definition) is 3. The van der Waals surface area contributed by atoms with E-state index in [-0.39, 0.29) is 0 Å². The van der Waals surface area contributed by atoms with E-state index in [2.05, 4.69) is 77.9 Å². The fraction of sp³-hybridized carbons (Fsp3) is 1.00. The molecule has 0 aliphatic heterocycles. The molecule has 0 amide bonds. The van der Waals surface area contributed by atoms with Gasteiger partial charge in [-0.15, -0.1) is 0 Å². The summed E-state index contributed by atoms with van der Waals surface area (Å²) < 4.78 is 0. The molecule has 0 saturated heterocycles. The zero-order valence-electron chi connectivity index (χ0n) is 15.8. The van der Waals surface area contributed by atoms with Crippen molar-refractivity contribution < 1.29 is 0 Å². The molecule has 0 spiro atoms. The minimum Gasteiger partial charge on any atom is -0.323 e. The maximum absolute atomic E-state index is 2.75. The van der Waals surface area contributed by atoms with Crippen LogP contribution in [0, 0.1) is 0 Å². The molecule has 0 bridgehead atoms. The summed E-state index contributed by atoms with van der Waals surface area (Å²) in [7, 11) is 12.1. The van der Waals surface area contributed by atoms with E-state index in [4.69, 9.17) is 0 Å². The molecule has 0 aliphatic carbocycles. The zero-order valence-corrected chi connectivity index (χ0v) is 15.8. The van der Waals surface area contributed by atoms with Gasteiger partial charge < -0.3 is 15.1 Å². The van der Waals surface area contributed by atoms with Gasteiger partial charge in [0.15, 0.2) is 0 Å². The summed E-state index contributed by atoms with van der Waals surface area (Å²) in [5.41, 5.74) is 0. The molecule has 0 rings (SSSR count). The summed E-state index contributed by atoms with van der Waals surface area (Å²) in [6.07, 6.45) is 3.88. The first kappa shape index (κ1) is 27.3. The molecule has 1 atom stereocenters. The second-order valence-electron chi connectivity index (χ2n) is 5.12. The second-order valence-corrected chi connectivity index (χ2v) is 5.12. The molecule has 3 heteroatoms. The van der Waals surface area contributed by atoms with Crippen molar-refractivity contribution in [3.8, 4) is 0 Å². The molecule has 0 aromatic heterocycles. The third kappa shape index (κ3) is 57.2. The Hall–Kier alpha value is -0.120. The summed E-state index contributed by atoms with van der Waals surface area (Å²) in [4.78, 5) is 4.35. The Labute approximate surface area is 124 Å². The van der Waals surface area contributed by atoms with Gasteiger partial charge in [0.1, 0.15) is 0 Å². The molecule has 19 heavy (non-hydrogen) atoms. The lowest BCUT2D eigenvalue weighted by Crippen LogP contribution is -2.23. The smallest absolute Gasteiger partial charge is 0.00582 e. The van der Waals surface area contributed by atoms with Crippen molar-refractivity contribution in [3.63, 3.8) is 0 Å². The highest BCUT2D eigenvalue weighted by atomic mass is 15.1. The SMILES string of the molecule is CCC(C)N(C)C.CCCC.CCN(C)C.CNC.